The van der Waals surface area contributed by atoms with Crippen LogP contribution in [0, 0.1) is 5.82 Å². The van der Waals surface area contributed by atoms with Gasteiger partial charge in [-0.25, -0.2) is 13.9 Å². The molecule has 0 bridgehead atoms. The smallest absolute Gasteiger partial charge is 0.365 e. The van der Waals surface area contributed by atoms with E-state index in [1.165, 1.54) is 37.4 Å². The number of methoxy groups -OCH3 is 1. The van der Waals surface area contributed by atoms with Crippen LogP contribution in [0.2, 0.25) is 0 Å². The average Bonchev–Trinajstić information content (AvgIpc) is 2.69. The topological polar surface area (TPSA) is 86.1 Å². The molecule has 1 heterocycles. The Kier molecular flexibility index (Phi) is 5.25. The van der Waals surface area contributed by atoms with E-state index in [1.54, 1.807) is 31.4 Å². The Balaban J connectivity index is 1.78. The molecule has 2 aromatic carbocycles. The summed E-state index contributed by atoms with van der Waals surface area (Å²) in [5.74, 6) is -0.182. The minimum absolute atomic E-state index is 0.394. The van der Waals surface area contributed by atoms with Gasteiger partial charge in [-0.3, -0.25) is 4.79 Å². The lowest BCUT2D eigenvalue weighted by Gasteiger charge is -2.14. The van der Waals surface area contributed by atoms with Gasteiger partial charge in [-0.05, 0) is 55.5 Å². The molecule has 3 rings (SSSR count). The first kappa shape index (κ1) is 18.2. The van der Waals surface area contributed by atoms with E-state index in [2.05, 4.69) is 15.4 Å². The zero-order valence-corrected chi connectivity index (χ0v) is 14.7. The fraction of sp³-hybridized carbons (Fsp3) is 0.158. The lowest BCUT2D eigenvalue weighted by molar-refractivity contribution is -0.119. The number of nitrogens with one attached hydrogen (secondary N) is 1. The summed E-state index contributed by atoms with van der Waals surface area (Å²) >= 11 is 0. The first-order valence-corrected chi connectivity index (χ1v) is 8.14. The van der Waals surface area contributed by atoms with Crippen LogP contribution < -0.4 is 15.7 Å². The number of halogens is 1. The Bertz CT molecular complexity index is 1000. The van der Waals surface area contributed by atoms with Crippen molar-refractivity contribution in [1.82, 2.24) is 14.8 Å². The third-order valence-electron chi connectivity index (χ3n) is 3.96. The minimum atomic E-state index is -0.889. The van der Waals surface area contributed by atoms with Crippen molar-refractivity contribution < 1.29 is 13.9 Å². The lowest BCUT2D eigenvalue weighted by Crippen LogP contribution is -2.34. The van der Waals surface area contributed by atoms with Gasteiger partial charge in [0.2, 0.25) is 5.91 Å². The van der Waals surface area contributed by atoms with E-state index in [0.29, 0.717) is 22.7 Å². The number of nitrogens with zero attached hydrogens (tertiary/aromatic N) is 3. The van der Waals surface area contributed by atoms with Crippen molar-refractivity contribution in [2.45, 2.75) is 13.0 Å². The van der Waals surface area contributed by atoms with Gasteiger partial charge in [0.15, 0.2) is 0 Å². The number of amides is 1. The van der Waals surface area contributed by atoms with E-state index in [1.807, 2.05) is 0 Å². The third-order valence-corrected chi connectivity index (χ3v) is 3.96. The summed E-state index contributed by atoms with van der Waals surface area (Å²) in [5, 5.41) is 6.67. The standard InChI is InChI=1S/C19H17FN4O3/c1-12(18(25)22-15-7-5-14(20)6-8-15)24-19(26)23-17(11-21-24)13-3-9-16(27-2)10-4-13/h3-12H,1-2H3,(H,22,25). The van der Waals surface area contributed by atoms with E-state index >= 15 is 0 Å². The second-order valence-corrected chi connectivity index (χ2v) is 5.77. The molecule has 0 saturated carbocycles. The van der Waals surface area contributed by atoms with Gasteiger partial charge in [0.1, 0.15) is 17.6 Å². The van der Waals surface area contributed by atoms with E-state index in [-0.39, 0.29) is 0 Å². The van der Waals surface area contributed by atoms with E-state index in [9.17, 15) is 14.0 Å². The van der Waals surface area contributed by atoms with Crippen LogP contribution in [-0.4, -0.2) is 27.8 Å². The Morgan fingerprint density at radius 1 is 1.15 bits per heavy atom. The highest BCUT2D eigenvalue weighted by Gasteiger charge is 2.18. The Morgan fingerprint density at radius 3 is 2.41 bits per heavy atom. The molecule has 0 aliphatic rings. The van der Waals surface area contributed by atoms with Crippen molar-refractivity contribution in [3.05, 3.63) is 71.0 Å². The molecular weight excluding hydrogens is 351 g/mol. The van der Waals surface area contributed by atoms with Crippen LogP contribution in [0.25, 0.3) is 11.3 Å². The zero-order valence-electron chi connectivity index (χ0n) is 14.7. The molecule has 0 spiro atoms. The molecule has 1 unspecified atom stereocenters. The van der Waals surface area contributed by atoms with Gasteiger partial charge >= 0.3 is 5.69 Å². The van der Waals surface area contributed by atoms with Crippen LogP contribution >= 0.6 is 0 Å². The van der Waals surface area contributed by atoms with Crippen LogP contribution in [0.5, 0.6) is 5.75 Å². The highest BCUT2D eigenvalue weighted by atomic mass is 19.1. The third kappa shape index (κ3) is 4.17. The predicted molar refractivity (Wildman–Crippen MR) is 98.0 cm³/mol. The van der Waals surface area contributed by atoms with Gasteiger partial charge < -0.3 is 10.1 Å². The molecule has 0 radical (unpaired) electrons. The maximum Gasteiger partial charge on any atom is 0.365 e. The highest BCUT2D eigenvalue weighted by Crippen LogP contribution is 2.19. The normalized spacial score (nSPS) is 11.7. The van der Waals surface area contributed by atoms with E-state index < -0.39 is 23.5 Å². The second-order valence-electron chi connectivity index (χ2n) is 5.77. The Labute approximate surface area is 154 Å². The summed E-state index contributed by atoms with van der Waals surface area (Å²) in [6.07, 6.45) is 1.42. The average molecular weight is 368 g/mol. The van der Waals surface area contributed by atoms with Gasteiger partial charge in [0.05, 0.1) is 19.0 Å². The number of carbonyl (C=O) groups excluding carboxylic acids is 1. The molecule has 1 amide bonds. The maximum absolute atomic E-state index is 12.9. The lowest BCUT2D eigenvalue weighted by atomic mass is 10.1. The fourth-order valence-electron chi connectivity index (χ4n) is 2.41. The monoisotopic (exact) mass is 368 g/mol. The van der Waals surface area contributed by atoms with E-state index in [0.717, 1.165) is 4.68 Å². The first-order chi connectivity index (χ1) is 13.0. The van der Waals surface area contributed by atoms with Gasteiger partial charge in [-0.1, -0.05) is 0 Å². The number of rotatable bonds is 5. The van der Waals surface area contributed by atoms with Crippen molar-refractivity contribution in [2.24, 2.45) is 0 Å². The van der Waals surface area contributed by atoms with Gasteiger partial charge in [0, 0.05) is 11.3 Å². The summed E-state index contributed by atoms with van der Waals surface area (Å²) in [6, 6.07) is 11.5. The Hall–Kier alpha value is -3.55. The summed E-state index contributed by atoms with van der Waals surface area (Å²) in [5.41, 5.74) is 0.871. The van der Waals surface area contributed by atoms with Crippen molar-refractivity contribution in [2.75, 3.05) is 12.4 Å². The molecule has 1 atom stereocenters. The minimum Gasteiger partial charge on any atom is -0.497 e. The Morgan fingerprint density at radius 2 is 1.81 bits per heavy atom. The van der Waals surface area contributed by atoms with Gasteiger partial charge in [-0.2, -0.15) is 10.1 Å². The van der Waals surface area contributed by atoms with Crippen LogP contribution in [0.4, 0.5) is 10.1 Å². The number of benzene rings is 2. The van der Waals surface area contributed by atoms with Crippen molar-refractivity contribution >= 4 is 11.6 Å². The molecule has 27 heavy (non-hydrogen) atoms. The van der Waals surface area contributed by atoms with Gasteiger partial charge in [-0.15, -0.1) is 0 Å². The molecule has 7 nitrogen and oxygen atoms in total. The highest BCUT2D eigenvalue weighted by molar-refractivity contribution is 5.93. The first-order valence-electron chi connectivity index (χ1n) is 8.14. The molecule has 138 valence electrons. The zero-order chi connectivity index (χ0) is 19.4. The van der Waals surface area contributed by atoms with Crippen molar-refractivity contribution in [3.63, 3.8) is 0 Å². The number of carbonyl (C=O) groups is 1. The van der Waals surface area contributed by atoms with Gasteiger partial charge in [0.25, 0.3) is 0 Å². The molecule has 8 heteroatoms. The molecule has 0 aliphatic heterocycles. The predicted octanol–water partition coefficient (Wildman–Crippen LogP) is 2.65. The molecule has 3 aromatic rings. The largest absolute Gasteiger partial charge is 0.497 e. The summed E-state index contributed by atoms with van der Waals surface area (Å²) in [7, 11) is 1.56. The fourth-order valence-corrected chi connectivity index (χ4v) is 2.41. The van der Waals surface area contributed by atoms with Crippen molar-refractivity contribution in [1.29, 1.82) is 0 Å². The molecule has 0 aliphatic carbocycles. The van der Waals surface area contributed by atoms with Crippen LogP contribution in [0.1, 0.15) is 13.0 Å². The molecule has 0 fully saturated rings. The maximum atomic E-state index is 12.9. The van der Waals surface area contributed by atoms with E-state index in [4.69, 9.17) is 4.74 Å². The molecule has 1 aromatic heterocycles. The van der Waals surface area contributed by atoms with Crippen LogP contribution in [0.3, 0.4) is 0 Å². The quantitative estimate of drug-likeness (QED) is 0.748. The molecule has 1 N–H and O–H groups in total. The summed E-state index contributed by atoms with van der Waals surface area (Å²) in [6.45, 7) is 1.53. The number of hydrogen-bond acceptors (Lipinski definition) is 5. The number of aromatic nitrogens is 3. The van der Waals surface area contributed by atoms with Crippen molar-refractivity contribution in [3.8, 4) is 17.0 Å². The summed E-state index contributed by atoms with van der Waals surface area (Å²) < 4.78 is 19.0. The SMILES string of the molecule is COc1ccc(-c2cnn(C(C)C(=O)Nc3ccc(F)cc3)c(=O)n2)cc1. The number of hydrogen-bond donors (Lipinski definition) is 1. The molecule has 0 saturated heterocycles. The molecular formula is C19H17FN4O3. The second kappa shape index (κ2) is 7.77. The van der Waals surface area contributed by atoms with Crippen LogP contribution in [0.15, 0.2) is 59.5 Å². The van der Waals surface area contributed by atoms with Crippen LogP contribution in [-0.2, 0) is 4.79 Å². The number of anilines is 1. The number of ether oxygens (including phenoxy) is 1. The summed E-state index contributed by atoms with van der Waals surface area (Å²) in [4.78, 5) is 28.6.